The lowest BCUT2D eigenvalue weighted by molar-refractivity contribution is -0.128. The number of fused-ring (bicyclic) bond motifs is 1. The Bertz CT molecular complexity index is 973. The number of likely N-dealkylation sites (tertiary alicyclic amines) is 2. The Labute approximate surface area is 177 Å². The molecule has 2 heterocycles. The van der Waals surface area contributed by atoms with E-state index in [1.165, 1.54) is 0 Å². The second-order valence-electron chi connectivity index (χ2n) is 8.18. The maximum atomic E-state index is 13.6. The normalized spacial score (nSPS) is 22.7. The Morgan fingerprint density at radius 3 is 2.37 bits per heavy atom. The average Bonchev–Trinajstić information content (AvgIpc) is 3.31. The molecule has 158 valence electrons. The molecule has 4 rings (SSSR count). The second kappa shape index (κ2) is 8.01. The monoisotopic (exact) mass is 408 g/mol. The Morgan fingerprint density at radius 2 is 1.70 bits per heavy atom. The fourth-order valence-electron chi connectivity index (χ4n) is 4.96. The first-order valence-electron chi connectivity index (χ1n) is 10.3. The van der Waals surface area contributed by atoms with Crippen molar-refractivity contribution in [3.8, 4) is 11.5 Å². The van der Waals surface area contributed by atoms with Gasteiger partial charge in [-0.1, -0.05) is 24.3 Å². The van der Waals surface area contributed by atoms with Gasteiger partial charge in [0, 0.05) is 44.0 Å². The van der Waals surface area contributed by atoms with E-state index < -0.39 is 0 Å². The highest BCUT2D eigenvalue weighted by molar-refractivity contribution is 5.95. The standard InChI is InChI=1S/C24H28N2O4/c1-15-7-5-6-8-19(15)23-20-14-25(16(2)27)12-18(20)13-26(23)24(28)17-9-10-21(29-3)22(11-17)30-4/h5-11,18,20,23H,12-14H2,1-4H3/t18-,20-,23+/m0/s1. The molecule has 3 atom stereocenters. The third kappa shape index (κ3) is 3.40. The molecule has 2 saturated heterocycles. The summed E-state index contributed by atoms with van der Waals surface area (Å²) >= 11 is 0. The molecule has 2 fully saturated rings. The topological polar surface area (TPSA) is 59.1 Å². The van der Waals surface area contributed by atoms with Gasteiger partial charge in [-0.25, -0.2) is 0 Å². The van der Waals surface area contributed by atoms with Crippen molar-refractivity contribution >= 4 is 11.8 Å². The minimum Gasteiger partial charge on any atom is -0.493 e. The van der Waals surface area contributed by atoms with Gasteiger partial charge in [-0.3, -0.25) is 9.59 Å². The molecule has 2 aromatic rings. The second-order valence-corrected chi connectivity index (χ2v) is 8.18. The van der Waals surface area contributed by atoms with Crippen LogP contribution < -0.4 is 9.47 Å². The molecule has 2 aliphatic heterocycles. The third-order valence-electron chi connectivity index (χ3n) is 6.51. The predicted molar refractivity (Wildman–Crippen MR) is 114 cm³/mol. The molecule has 30 heavy (non-hydrogen) atoms. The maximum absolute atomic E-state index is 13.6. The van der Waals surface area contributed by atoms with Crippen molar-refractivity contribution in [1.29, 1.82) is 0 Å². The maximum Gasteiger partial charge on any atom is 0.254 e. The van der Waals surface area contributed by atoms with Crippen LogP contribution in [0.3, 0.4) is 0 Å². The lowest BCUT2D eigenvalue weighted by atomic mass is 9.87. The summed E-state index contributed by atoms with van der Waals surface area (Å²) in [7, 11) is 3.15. The summed E-state index contributed by atoms with van der Waals surface area (Å²) in [5.41, 5.74) is 2.90. The van der Waals surface area contributed by atoms with Gasteiger partial charge < -0.3 is 19.3 Å². The van der Waals surface area contributed by atoms with E-state index in [0.717, 1.165) is 11.1 Å². The van der Waals surface area contributed by atoms with Crippen LogP contribution in [0.25, 0.3) is 0 Å². The molecule has 2 aromatic carbocycles. The van der Waals surface area contributed by atoms with Crippen LogP contribution in [0.4, 0.5) is 0 Å². The Morgan fingerprint density at radius 1 is 0.967 bits per heavy atom. The van der Waals surface area contributed by atoms with Crippen molar-refractivity contribution in [3.05, 3.63) is 59.2 Å². The summed E-state index contributed by atoms with van der Waals surface area (Å²) < 4.78 is 10.7. The number of methoxy groups -OCH3 is 2. The quantitative estimate of drug-likeness (QED) is 0.779. The fourth-order valence-corrected chi connectivity index (χ4v) is 4.96. The highest BCUT2D eigenvalue weighted by atomic mass is 16.5. The minimum atomic E-state index is -0.0545. The zero-order valence-corrected chi connectivity index (χ0v) is 17.9. The van der Waals surface area contributed by atoms with Crippen LogP contribution in [-0.2, 0) is 4.79 Å². The molecule has 0 spiro atoms. The van der Waals surface area contributed by atoms with E-state index in [1.807, 2.05) is 21.9 Å². The van der Waals surface area contributed by atoms with Crippen molar-refractivity contribution in [2.24, 2.45) is 11.8 Å². The van der Waals surface area contributed by atoms with E-state index in [0.29, 0.717) is 36.7 Å². The Hall–Kier alpha value is -3.02. The van der Waals surface area contributed by atoms with E-state index in [2.05, 4.69) is 19.1 Å². The molecule has 0 radical (unpaired) electrons. The molecular weight excluding hydrogens is 380 g/mol. The van der Waals surface area contributed by atoms with Crippen LogP contribution in [0.2, 0.25) is 0 Å². The first-order chi connectivity index (χ1) is 14.4. The SMILES string of the molecule is COc1ccc(C(=O)N2C[C@@H]3CN(C(C)=O)C[C@@H]3[C@H]2c2ccccc2C)cc1OC. The molecule has 0 aromatic heterocycles. The van der Waals surface area contributed by atoms with Gasteiger partial charge in [0.2, 0.25) is 5.91 Å². The molecule has 6 nitrogen and oxygen atoms in total. The molecule has 0 N–H and O–H groups in total. The van der Waals surface area contributed by atoms with Crippen LogP contribution >= 0.6 is 0 Å². The van der Waals surface area contributed by atoms with Gasteiger partial charge in [0.25, 0.3) is 5.91 Å². The molecule has 2 amide bonds. The van der Waals surface area contributed by atoms with Gasteiger partial charge in [-0.15, -0.1) is 0 Å². The van der Waals surface area contributed by atoms with Crippen molar-refractivity contribution in [1.82, 2.24) is 9.80 Å². The van der Waals surface area contributed by atoms with Crippen molar-refractivity contribution in [3.63, 3.8) is 0 Å². The molecule has 0 aliphatic carbocycles. The summed E-state index contributed by atoms with van der Waals surface area (Å²) in [6, 6.07) is 13.5. The zero-order chi connectivity index (χ0) is 21.4. The van der Waals surface area contributed by atoms with Crippen LogP contribution in [0, 0.1) is 18.8 Å². The number of carbonyl (C=O) groups is 2. The molecule has 0 bridgehead atoms. The number of ether oxygens (including phenoxy) is 2. The first kappa shape index (κ1) is 20.3. The molecule has 2 aliphatic rings. The fraction of sp³-hybridized carbons (Fsp3) is 0.417. The zero-order valence-electron chi connectivity index (χ0n) is 17.9. The van der Waals surface area contributed by atoms with E-state index in [-0.39, 0.29) is 29.7 Å². The number of amides is 2. The van der Waals surface area contributed by atoms with Gasteiger partial charge in [-0.05, 0) is 36.2 Å². The first-order valence-corrected chi connectivity index (χ1v) is 10.3. The van der Waals surface area contributed by atoms with E-state index in [9.17, 15) is 9.59 Å². The van der Waals surface area contributed by atoms with E-state index >= 15 is 0 Å². The number of benzene rings is 2. The Balaban J connectivity index is 1.71. The number of hydrogen-bond acceptors (Lipinski definition) is 4. The van der Waals surface area contributed by atoms with Crippen LogP contribution in [0.1, 0.15) is 34.5 Å². The lowest BCUT2D eigenvalue weighted by Crippen LogP contribution is -2.37. The van der Waals surface area contributed by atoms with Gasteiger partial charge in [-0.2, -0.15) is 0 Å². The number of nitrogens with zero attached hydrogens (tertiary/aromatic N) is 2. The summed E-state index contributed by atoms with van der Waals surface area (Å²) in [5.74, 6) is 1.73. The lowest BCUT2D eigenvalue weighted by Gasteiger charge is -2.31. The summed E-state index contributed by atoms with van der Waals surface area (Å²) in [5, 5.41) is 0. The van der Waals surface area contributed by atoms with Gasteiger partial charge >= 0.3 is 0 Å². The van der Waals surface area contributed by atoms with Crippen molar-refractivity contribution < 1.29 is 19.1 Å². The van der Waals surface area contributed by atoms with E-state index in [4.69, 9.17) is 9.47 Å². The van der Waals surface area contributed by atoms with Crippen LogP contribution in [0.5, 0.6) is 11.5 Å². The van der Waals surface area contributed by atoms with Gasteiger partial charge in [0.05, 0.1) is 20.3 Å². The van der Waals surface area contributed by atoms with Gasteiger partial charge in [0.15, 0.2) is 11.5 Å². The summed E-state index contributed by atoms with van der Waals surface area (Å²) in [4.78, 5) is 29.5. The van der Waals surface area contributed by atoms with Crippen molar-refractivity contribution in [2.75, 3.05) is 33.9 Å². The molecule has 0 saturated carbocycles. The van der Waals surface area contributed by atoms with Crippen LogP contribution in [0.15, 0.2) is 42.5 Å². The summed E-state index contributed by atoms with van der Waals surface area (Å²) in [6.07, 6.45) is 0. The third-order valence-corrected chi connectivity index (χ3v) is 6.51. The van der Waals surface area contributed by atoms with Gasteiger partial charge in [0.1, 0.15) is 0 Å². The number of rotatable bonds is 4. The van der Waals surface area contributed by atoms with Crippen LogP contribution in [-0.4, -0.2) is 55.5 Å². The Kier molecular flexibility index (Phi) is 5.41. The van der Waals surface area contributed by atoms with Crippen molar-refractivity contribution in [2.45, 2.75) is 19.9 Å². The number of hydrogen-bond donors (Lipinski definition) is 0. The highest BCUT2D eigenvalue weighted by Crippen LogP contribution is 2.46. The highest BCUT2D eigenvalue weighted by Gasteiger charge is 2.50. The van der Waals surface area contributed by atoms with E-state index in [1.54, 1.807) is 39.3 Å². The largest absolute Gasteiger partial charge is 0.493 e. The average molecular weight is 408 g/mol. The molecule has 0 unspecified atom stereocenters. The summed E-state index contributed by atoms with van der Waals surface area (Å²) in [6.45, 7) is 5.74. The number of carbonyl (C=O) groups excluding carboxylic acids is 2. The smallest absolute Gasteiger partial charge is 0.254 e. The number of aryl methyl sites for hydroxylation is 1. The predicted octanol–water partition coefficient (Wildman–Crippen LogP) is 3.30. The minimum absolute atomic E-state index is 0.0204. The molecule has 6 heteroatoms. The molecular formula is C24H28N2O4.